The molecule has 0 unspecified atom stereocenters. The highest BCUT2D eigenvalue weighted by atomic mass is 16.5. The van der Waals surface area contributed by atoms with Crippen molar-refractivity contribution in [2.75, 3.05) is 60.2 Å². The van der Waals surface area contributed by atoms with Crippen molar-refractivity contribution in [1.29, 1.82) is 0 Å². The Morgan fingerprint density at radius 1 is 1.12 bits per heavy atom. The quantitative estimate of drug-likeness (QED) is 0.613. The lowest BCUT2D eigenvalue weighted by molar-refractivity contribution is -0.167. The van der Waals surface area contributed by atoms with Gasteiger partial charge < -0.3 is 24.2 Å². The first kappa shape index (κ1) is 20.6. The number of hydrogen-bond acceptors (Lipinski definition) is 6. The van der Waals surface area contributed by atoms with Gasteiger partial charge in [-0.25, -0.2) is 0 Å². The monoisotopic (exact) mass is 358 g/mol. The Morgan fingerprint density at radius 2 is 1.76 bits per heavy atom. The zero-order chi connectivity index (χ0) is 18.1. The molecular formula is C18H34N2O5. The van der Waals surface area contributed by atoms with Crippen LogP contribution in [-0.2, 0) is 19.0 Å². The van der Waals surface area contributed by atoms with E-state index in [1.54, 1.807) is 14.2 Å². The molecule has 2 aliphatic rings. The summed E-state index contributed by atoms with van der Waals surface area (Å²) < 4.78 is 16.3. The van der Waals surface area contributed by atoms with Gasteiger partial charge in [0, 0.05) is 46.9 Å². The summed E-state index contributed by atoms with van der Waals surface area (Å²) in [4.78, 5) is 16.7. The topological polar surface area (TPSA) is 71.5 Å². The molecule has 0 aromatic rings. The van der Waals surface area contributed by atoms with Gasteiger partial charge in [-0.15, -0.1) is 0 Å². The molecule has 2 heterocycles. The molecule has 0 saturated carbocycles. The molecule has 1 N–H and O–H groups in total. The van der Waals surface area contributed by atoms with Crippen molar-refractivity contribution in [2.45, 2.75) is 50.4 Å². The molecule has 0 radical (unpaired) electrons. The Labute approximate surface area is 151 Å². The van der Waals surface area contributed by atoms with Gasteiger partial charge in [0.05, 0.1) is 25.4 Å². The predicted octanol–water partition coefficient (Wildman–Crippen LogP) is 0.502. The second-order valence-corrected chi connectivity index (χ2v) is 6.97. The fourth-order valence-electron chi connectivity index (χ4n) is 3.53. The standard InChI is InChI=1S/C18H34N2O5/c1-23-13-11-19(12-14-24-2)10-7-15-5-6-16(21)17(25-15)18(22)20-8-3-4-9-20/h15-17,21H,3-14H2,1-2H3/t15-,16-,17-/m0/s1. The number of aliphatic hydroxyl groups excluding tert-OH is 1. The van der Waals surface area contributed by atoms with E-state index in [4.69, 9.17) is 14.2 Å². The molecule has 0 aromatic carbocycles. The van der Waals surface area contributed by atoms with Crippen LogP contribution in [0.1, 0.15) is 32.1 Å². The van der Waals surface area contributed by atoms with E-state index in [1.807, 2.05) is 4.90 Å². The Hall–Kier alpha value is -0.730. The van der Waals surface area contributed by atoms with E-state index in [1.165, 1.54) is 0 Å². The lowest BCUT2D eigenvalue weighted by atomic mass is 9.98. The molecule has 0 aliphatic carbocycles. The Morgan fingerprint density at radius 3 is 2.36 bits per heavy atom. The van der Waals surface area contributed by atoms with Crippen LogP contribution in [-0.4, -0.2) is 99.3 Å². The van der Waals surface area contributed by atoms with Gasteiger partial charge in [0.15, 0.2) is 6.10 Å². The van der Waals surface area contributed by atoms with Crippen LogP contribution in [0.4, 0.5) is 0 Å². The summed E-state index contributed by atoms with van der Waals surface area (Å²) in [6.07, 6.45) is 3.03. The molecule has 2 rings (SSSR count). The van der Waals surface area contributed by atoms with E-state index < -0.39 is 12.2 Å². The maximum atomic E-state index is 12.6. The fraction of sp³-hybridized carbons (Fsp3) is 0.944. The van der Waals surface area contributed by atoms with Crippen LogP contribution in [0.15, 0.2) is 0 Å². The minimum atomic E-state index is -0.691. The number of methoxy groups -OCH3 is 2. The van der Waals surface area contributed by atoms with Crippen LogP contribution in [0.3, 0.4) is 0 Å². The summed E-state index contributed by atoms with van der Waals surface area (Å²) in [5.41, 5.74) is 0. The van der Waals surface area contributed by atoms with E-state index >= 15 is 0 Å². The summed E-state index contributed by atoms with van der Waals surface area (Å²) in [5.74, 6) is -0.0367. The second-order valence-electron chi connectivity index (χ2n) is 6.97. The van der Waals surface area contributed by atoms with Crippen molar-refractivity contribution >= 4 is 5.91 Å². The van der Waals surface area contributed by atoms with E-state index in [0.717, 1.165) is 58.4 Å². The zero-order valence-electron chi connectivity index (χ0n) is 15.7. The van der Waals surface area contributed by atoms with Crippen LogP contribution < -0.4 is 0 Å². The molecular weight excluding hydrogens is 324 g/mol. The third kappa shape index (κ3) is 6.49. The van der Waals surface area contributed by atoms with Crippen LogP contribution in [0.25, 0.3) is 0 Å². The van der Waals surface area contributed by atoms with E-state index in [-0.39, 0.29) is 12.0 Å². The van der Waals surface area contributed by atoms with Crippen LogP contribution >= 0.6 is 0 Å². The number of carbonyl (C=O) groups is 1. The fourth-order valence-corrected chi connectivity index (χ4v) is 3.53. The molecule has 0 spiro atoms. The largest absolute Gasteiger partial charge is 0.390 e. The normalized spacial score (nSPS) is 27.2. The number of likely N-dealkylation sites (tertiary alicyclic amines) is 1. The molecule has 2 saturated heterocycles. The van der Waals surface area contributed by atoms with Crippen molar-refractivity contribution in [3.63, 3.8) is 0 Å². The summed E-state index contributed by atoms with van der Waals surface area (Å²) in [7, 11) is 3.41. The first-order chi connectivity index (χ1) is 12.2. The highest BCUT2D eigenvalue weighted by Crippen LogP contribution is 2.24. The summed E-state index contributed by atoms with van der Waals surface area (Å²) in [5, 5.41) is 10.2. The summed E-state index contributed by atoms with van der Waals surface area (Å²) in [6.45, 7) is 5.53. The number of amides is 1. The number of aliphatic hydroxyl groups is 1. The third-order valence-corrected chi connectivity index (χ3v) is 5.12. The van der Waals surface area contributed by atoms with Gasteiger partial charge in [-0.1, -0.05) is 0 Å². The van der Waals surface area contributed by atoms with Gasteiger partial charge >= 0.3 is 0 Å². The molecule has 1 amide bonds. The van der Waals surface area contributed by atoms with Gasteiger partial charge in [0.2, 0.25) is 0 Å². The Kier molecular flexibility index (Phi) is 9.12. The number of carbonyl (C=O) groups excluding carboxylic acids is 1. The number of hydrogen-bond donors (Lipinski definition) is 1. The summed E-state index contributed by atoms with van der Waals surface area (Å²) >= 11 is 0. The Balaban J connectivity index is 1.81. The van der Waals surface area contributed by atoms with E-state index in [0.29, 0.717) is 19.6 Å². The first-order valence-electron chi connectivity index (χ1n) is 9.48. The lowest BCUT2D eigenvalue weighted by Gasteiger charge is -2.36. The van der Waals surface area contributed by atoms with Gasteiger partial charge in [-0.2, -0.15) is 0 Å². The molecule has 2 fully saturated rings. The Bertz CT molecular complexity index is 382. The molecule has 146 valence electrons. The molecule has 7 nitrogen and oxygen atoms in total. The SMILES string of the molecule is COCCN(CCOC)CC[C@@H]1CC[C@H](O)[C@@H](C(=O)N2CCCC2)O1. The van der Waals surface area contributed by atoms with Crippen molar-refractivity contribution < 1.29 is 24.1 Å². The average molecular weight is 358 g/mol. The van der Waals surface area contributed by atoms with E-state index in [2.05, 4.69) is 4.90 Å². The molecule has 0 bridgehead atoms. The number of nitrogens with zero attached hydrogens (tertiary/aromatic N) is 2. The van der Waals surface area contributed by atoms with Crippen molar-refractivity contribution in [3.8, 4) is 0 Å². The lowest BCUT2D eigenvalue weighted by Crippen LogP contribution is -2.50. The van der Waals surface area contributed by atoms with Gasteiger partial charge in [-0.05, 0) is 32.1 Å². The van der Waals surface area contributed by atoms with Crippen molar-refractivity contribution in [3.05, 3.63) is 0 Å². The zero-order valence-corrected chi connectivity index (χ0v) is 15.7. The molecule has 2 aliphatic heterocycles. The van der Waals surface area contributed by atoms with E-state index in [9.17, 15) is 9.90 Å². The molecule has 0 aromatic heterocycles. The highest BCUT2D eigenvalue weighted by Gasteiger charge is 2.38. The van der Waals surface area contributed by atoms with Crippen LogP contribution in [0, 0.1) is 0 Å². The minimum absolute atomic E-state index is 0.0209. The molecule has 3 atom stereocenters. The maximum Gasteiger partial charge on any atom is 0.254 e. The molecule has 25 heavy (non-hydrogen) atoms. The van der Waals surface area contributed by atoms with Crippen LogP contribution in [0.5, 0.6) is 0 Å². The van der Waals surface area contributed by atoms with Crippen LogP contribution in [0.2, 0.25) is 0 Å². The van der Waals surface area contributed by atoms with Gasteiger partial charge in [-0.3, -0.25) is 9.69 Å². The number of rotatable bonds is 10. The maximum absolute atomic E-state index is 12.6. The van der Waals surface area contributed by atoms with Gasteiger partial charge in [0.25, 0.3) is 5.91 Å². The van der Waals surface area contributed by atoms with Crippen molar-refractivity contribution in [2.24, 2.45) is 0 Å². The van der Waals surface area contributed by atoms with Crippen molar-refractivity contribution in [1.82, 2.24) is 9.80 Å². The third-order valence-electron chi connectivity index (χ3n) is 5.12. The first-order valence-corrected chi connectivity index (χ1v) is 9.48. The minimum Gasteiger partial charge on any atom is -0.390 e. The predicted molar refractivity (Wildman–Crippen MR) is 94.5 cm³/mol. The average Bonchev–Trinajstić information content (AvgIpc) is 3.16. The smallest absolute Gasteiger partial charge is 0.254 e. The molecule has 7 heteroatoms. The second kappa shape index (κ2) is 11.1. The number of ether oxygens (including phenoxy) is 3. The summed E-state index contributed by atoms with van der Waals surface area (Å²) in [6, 6.07) is 0. The highest BCUT2D eigenvalue weighted by molar-refractivity contribution is 5.82. The van der Waals surface area contributed by atoms with Gasteiger partial charge in [0.1, 0.15) is 0 Å².